The minimum atomic E-state index is -0.583. The molecule has 2 aliphatic rings. The number of hydrogen-bond acceptors (Lipinski definition) is 8. The Hall–Kier alpha value is -1.53. The number of carbonyl (C=O) groups excluding carboxylic acids is 1. The predicted molar refractivity (Wildman–Crippen MR) is 132 cm³/mol. The molecule has 5 nitrogen and oxygen atoms in total. The van der Waals surface area contributed by atoms with Crippen LogP contribution in [0.4, 0.5) is 5.69 Å². The van der Waals surface area contributed by atoms with E-state index in [0.29, 0.717) is 11.6 Å². The summed E-state index contributed by atoms with van der Waals surface area (Å²) in [5, 5.41) is 10.4. The number of thioether (sulfide) groups is 3. The zero-order valence-corrected chi connectivity index (χ0v) is 20.3. The zero-order valence-electron chi connectivity index (χ0n) is 17.8. The summed E-state index contributed by atoms with van der Waals surface area (Å²) in [6, 6.07) is 10.1. The first-order valence-electron chi connectivity index (χ1n) is 10.4. The maximum atomic E-state index is 12.7. The van der Waals surface area contributed by atoms with Gasteiger partial charge in [-0.3, -0.25) is 0 Å². The second kappa shape index (κ2) is 12.5. The van der Waals surface area contributed by atoms with Gasteiger partial charge >= 0.3 is 5.97 Å². The van der Waals surface area contributed by atoms with Crippen LogP contribution in [0.25, 0.3) is 0 Å². The molecule has 1 aromatic rings. The molecule has 0 bridgehead atoms. The van der Waals surface area contributed by atoms with Crippen LogP contribution in [0.5, 0.6) is 0 Å². The van der Waals surface area contributed by atoms with Crippen molar-refractivity contribution in [1.82, 2.24) is 0 Å². The molecule has 0 N–H and O–H groups in total. The van der Waals surface area contributed by atoms with Crippen LogP contribution in [0, 0.1) is 11.3 Å². The van der Waals surface area contributed by atoms with Gasteiger partial charge < -0.3 is 14.4 Å². The van der Waals surface area contributed by atoms with E-state index in [1.807, 2.05) is 47.8 Å². The summed E-state index contributed by atoms with van der Waals surface area (Å²) in [5.74, 6) is 3.18. The molecule has 1 aromatic carbocycles. The van der Waals surface area contributed by atoms with E-state index in [1.165, 1.54) is 17.3 Å². The van der Waals surface area contributed by atoms with Crippen LogP contribution in [0.15, 0.2) is 51.9 Å². The molecule has 1 saturated heterocycles. The van der Waals surface area contributed by atoms with E-state index < -0.39 is 5.97 Å². The fourth-order valence-electron chi connectivity index (χ4n) is 3.22. The van der Waals surface area contributed by atoms with Gasteiger partial charge in [0.05, 0.1) is 18.4 Å². The number of esters is 1. The molecule has 0 saturated carbocycles. The van der Waals surface area contributed by atoms with Gasteiger partial charge in [0.15, 0.2) is 5.57 Å². The maximum absolute atomic E-state index is 12.7. The lowest BCUT2D eigenvalue weighted by Crippen LogP contribution is -2.25. The van der Waals surface area contributed by atoms with Crippen LogP contribution in [0.2, 0.25) is 0 Å². The number of anilines is 1. The molecule has 0 atom stereocenters. The van der Waals surface area contributed by atoms with Gasteiger partial charge in [-0.2, -0.15) is 28.8 Å². The Morgan fingerprint density at radius 1 is 1.26 bits per heavy atom. The number of benzene rings is 1. The average Bonchev–Trinajstić information content (AvgIpc) is 3.11. The quantitative estimate of drug-likeness (QED) is 0.169. The molecule has 31 heavy (non-hydrogen) atoms. The summed E-state index contributed by atoms with van der Waals surface area (Å²) in [4.78, 5) is 15.8. The van der Waals surface area contributed by atoms with Gasteiger partial charge in [0, 0.05) is 34.5 Å². The van der Waals surface area contributed by atoms with Crippen molar-refractivity contribution in [2.24, 2.45) is 0 Å². The van der Waals surface area contributed by atoms with E-state index in [9.17, 15) is 10.1 Å². The molecule has 166 valence electrons. The van der Waals surface area contributed by atoms with Crippen molar-refractivity contribution in [3.63, 3.8) is 0 Å². The number of unbranched alkanes of at least 4 members (excludes halogenated alkanes) is 1. The summed E-state index contributed by atoms with van der Waals surface area (Å²) in [7, 11) is 0. The third-order valence-corrected chi connectivity index (χ3v) is 8.39. The Bertz CT molecular complexity index is 854. The van der Waals surface area contributed by atoms with Crippen molar-refractivity contribution < 1.29 is 14.3 Å². The fraction of sp³-hybridized carbons (Fsp3) is 0.478. The second-order valence-corrected chi connectivity index (χ2v) is 10.4. The highest BCUT2D eigenvalue weighted by Gasteiger charge is 2.30. The van der Waals surface area contributed by atoms with Crippen molar-refractivity contribution in [1.29, 1.82) is 5.26 Å². The van der Waals surface area contributed by atoms with E-state index in [0.717, 1.165) is 53.0 Å². The van der Waals surface area contributed by atoms with Crippen molar-refractivity contribution in [2.75, 3.05) is 47.7 Å². The first kappa shape index (κ1) is 24.1. The normalized spacial score (nSPS) is 18.7. The van der Waals surface area contributed by atoms with Gasteiger partial charge in [0.25, 0.3) is 0 Å². The molecule has 3 rings (SSSR count). The minimum Gasteiger partial charge on any atom is -0.459 e. The molecule has 0 radical (unpaired) electrons. The summed E-state index contributed by atoms with van der Waals surface area (Å²) in [5.41, 5.74) is 2.37. The first-order valence-corrected chi connectivity index (χ1v) is 13.6. The highest BCUT2D eigenvalue weighted by atomic mass is 32.2. The lowest BCUT2D eigenvalue weighted by atomic mass is 10.2. The third-order valence-electron chi connectivity index (χ3n) is 4.76. The fourth-order valence-corrected chi connectivity index (χ4v) is 6.63. The van der Waals surface area contributed by atoms with Crippen LogP contribution in [-0.4, -0.2) is 54.8 Å². The summed E-state index contributed by atoms with van der Waals surface area (Å²) in [6.45, 7) is 7.42. The number of para-hydroxylation sites is 1. The van der Waals surface area contributed by atoms with Gasteiger partial charge in [-0.05, 0) is 18.6 Å². The molecule has 1 fully saturated rings. The number of carbonyl (C=O) groups is 1. The van der Waals surface area contributed by atoms with Gasteiger partial charge in [0.2, 0.25) is 0 Å². The Kier molecular flexibility index (Phi) is 9.72. The molecule has 0 spiro atoms. The number of rotatable bonds is 8. The molecule has 0 amide bonds. The Morgan fingerprint density at radius 3 is 2.71 bits per heavy atom. The first-order chi connectivity index (χ1) is 15.1. The van der Waals surface area contributed by atoms with Crippen molar-refractivity contribution in [3.8, 4) is 6.07 Å². The minimum absolute atomic E-state index is 0.0629. The molecule has 8 heteroatoms. The number of nitrogens with zero attached hydrogens (tertiary/aromatic N) is 2. The van der Waals surface area contributed by atoms with Crippen LogP contribution >= 0.6 is 35.3 Å². The molecule has 0 aromatic heterocycles. The number of ether oxygens (including phenoxy) is 2. The molecular weight excluding hydrogens is 448 g/mol. The van der Waals surface area contributed by atoms with Crippen molar-refractivity contribution >= 4 is 46.9 Å². The standard InChI is InChI=1S/C23H28N2O3S3/c1-3-4-9-25-20-7-5-6-8-21(20)31-22(25)19(12-24)23(26)28-11-10-27-18-15-29-13-17(2)14-30-16-18/h5-8,18H,2-4,9-11,13-16H2,1H3/b22-19-. The van der Waals surface area contributed by atoms with Gasteiger partial charge in [-0.25, -0.2) is 4.79 Å². The third kappa shape index (κ3) is 6.72. The largest absolute Gasteiger partial charge is 0.459 e. The van der Waals surface area contributed by atoms with Crippen molar-refractivity contribution in [3.05, 3.63) is 47.0 Å². The monoisotopic (exact) mass is 476 g/mol. The Labute approximate surface area is 197 Å². The molecule has 2 heterocycles. The Balaban J connectivity index is 1.57. The van der Waals surface area contributed by atoms with Crippen LogP contribution in [0.3, 0.4) is 0 Å². The van der Waals surface area contributed by atoms with Crippen molar-refractivity contribution in [2.45, 2.75) is 30.8 Å². The predicted octanol–water partition coefficient (Wildman–Crippen LogP) is 5.10. The molecule has 0 unspecified atom stereocenters. The lowest BCUT2D eigenvalue weighted by molar-refractivity contribution is -0.140. The number of nitriles is 1. The highest BCUT2D eigenvalue weighted by Crippen LogP contribution is 2.47. The second-order valence-electron chi connectivity index (χ2n) is 7.28. The smallest absolute Gasteiger partial charge is 0.351 e. The van der Waals surface area contributed by atoms with Crippen LogP contribution in [0.1, 0.15) is 19.8 Å². The number of fused-ring (bicyclic) bond motifs is 1. The zero-order chi connectivity index (χ0) is 22.1. The maximum Gasteiger partial charge on any atom is 0.351 e. The topological polar surface area (TPSA) is 62.6 Å². The SMILES string of the molecule is C=C1CSCC(OCCOC(=O)/C(C#N)=C2\Sc3ccccc3N2CCCC)CSC1. The Morgan fingerprint density at radius 2 is 2.00 bits per heavy atom. The molecular formula is C23H28N2O3S3. The molecule has 0 aliphatic carbocycles. The van der Waals surface area contributed by atoms with Gasteiger partial charge in [0.1, 0.15) is 17.7 Å². The average molecular weight is 477 g/mol. The summed E-state index contributed by atoms with van der Waals surface area (Å²) >= 11 is 5.12. The van der Waals surface area contributed by atoms with E-state index in [2.05, 4.69) is 24.5 Å². The number of hydrogen-bond donors (Lipinski definition) is 0. The van der Waals surface area contributed by atoms with Crippen LogP contribution < -0.4 is 4.90 Å². The van der Waals surface area contributed by atoms with E-state index in [1.54, 1.807) is 0 Å². The van der Waals surface area contributed by atoms with E-state index in [4.69, 9.17) is 9.47 Å². The van der Waals surface area contributed by atoms with Gasteiger partial charge in [-0.1, -0.05) is 49.4 Å². The summed E-state index contributed by atoms with van der Waals surface area (Å²) in [6.07, 6.45) is 2.15. The molecule has 2 aliphatic heterocycles. The highest BCUT2D eigenvalue weighted by molar-refractivity contribution is 8.03. The van der Waals surface area contributed by atoms with Crippen LogP contribution in [-0.2, 0) is 14.3 Å². The lowest BCUT2D eigenvalue weighted by Gasteiger charge is -2.21. The summed E-state index contributed by atoms with van der Waals surface area (Å²) < 4.78 is 11.3. The van der Waals surface area contributed by atoms with E-state index >= 15 is 0 Å². The van der Waals surface area contributed by atoms with E-state index in [-0.39, 0.29) is 18.3 Å². The van der Waals surface area contributed by atoms with Gasteiger partial charge in [-0.15, -0.1) is 0 Å².